The van der Waals surface area contributed by atoms with E-state index in [1.807, 2.05) is 54.5 Å². The van der Waals surface area contributed by atoms with Crippen LogP contribution in [0.25, 0.3) is 0 Å². The molecule has 2 aliphatic carbocycles. The minimum atomic E-state index is -1.70. The van der Waals surface area contributed by atoms with Crippen LogP contribution < -0.4 is 0 Å². The summed E-state index contributed by atoms with van der Waals surface area (Å²) in [6, 6.07) is 0. The second-order valence-corrected chi connectivity index (χ2v) is 17.4. The van der Waals surface area contributed by atoms with Crippen molar-refractivity contribution in [1.82, 2.24) is 0 Å². The summed E-state index contributed by atoms with van der Waals surface area (Å²) < 4.78 is 11.9. The third kappa shape index (κ3) is 8.21. The topological polar surface area (TPSA) is 147 Å². The van der Waals surface area contributed by atoms with E-state index in [0.29, 0.717) is 37.7 Å². The average Bonchev–Trinajstić information content (AvgIpc) is 3.45. The predicted octanol–water partition coefficient (Wildman–Crippen LogP) is 6.25. The van der Waals surface area contributed by atoms with E-state index in [1.165, 1.54) is 7.11 Å². The zero-order chi connectivity index (χ0) is 37.3. The van der Waals surface area contributed by atoms with Crippen molar-refractivity contribution in [3.05, 3.63) is 22.8 Å². The van der Waals surface area contributed by atoms with Crippen LogP contribution in [0.1, 0.15) is 132 Å². The van der Waals surface area contributed by atoms with E-state index in [9.17, 15) is 34.5 Å². The number of fused-ring (bicyclic) bond motifs is 5. The number of Topliss-reactive ketones (excluding diaryl/α,β-unsaturated/α-hetero) is 3. The first-order chi connectivity index (χ1) is 23.3. The van der Waals surface area contributed by atoms with Crippen molar-refractivity contribution in [2.45, 2.75) is 162 Å². The molecule has 0 aromatic heterocycles. The Kier molecular flexibility index (Phi) is 12.8. The van der Waals surface area contributed by atoms with Gasteiger partial charge in [-0.3, -0.25) is 19.2 Å². The molecule has 0 aromatic carbocycles. The number of allylic oxidation sites excluding steroid dienone is 3. The van der Waals surface area contributed by atoms with Gasteiger partial charge >= 0.3 is 5.97 Å². The van der Waals surface area contributed by atoms with Gasteiger partial charge in [0.2, 0.25) is 0 Å². The molecule has 1 saturated carbocycles. The number of hydrogen-bond acceptors (Lipinski definition) is 9. The second-order valence-electron chi connectivity index (χ2n) is 17.4. The molecular formula is C41H64O9. The van der Waals surface area contributed by atoms with Crippen molar-refractivity contribution in [3.8, 4) is 0 Å². The standard InChI is InChI=1S/C41H64O9/c1-23(2)28-20-31(42)26(5)12-10-11-24(3)18-32(43)29-19-27(6)37-30(41(29,22-33(28)44)38(47)49-9)17-25(4)13-14-35(46)40(8)16-15-36(50-40)39(7,48)21-34(37)45/h17,23-24,26,28-30,34-36,45-46,48H,10-16,18-22H2,1-9H3/b25-17-/t24-,26+,28-,29+,30-,34+,35+,36+,39-,40+,41+/m0/s1. The first-order valence-corrected chi connectivity index (χ1v) is 19.1. The lowest BCUT2D eigenvalue weighted by Gasteiger charge is -2.49. The number of hydrogen-bond donors (Lipinski definition) is 3. The number of ketones is 3. The van der Waals surface area contributed by atoms with Crippen LogP contribution >= 0.6 is 0 Å². The first-order valence-electron chi connectivity index (χ1n) is 19.1. The van der Waals surface area contributed by atoms with Crippen LogP contribution in [-0.2, 0) is 28.7 Å². The van der Waals surface area contributed by atoms with E-state index in [4.69, 9.17) is 9.47 Å². The number of rotatable bonds is 2. The minimum Gasteiger partial charge on any atom is -0.469 e. The Morgan fingerprint density at radius 3 is 2.28 bits per heavy atom. The lowest BCUT2D eigenvalue weighted by Crippen LogP contribution is -2.55. The van der Waals surface area contributed by atoms with Gasteiger partial charge < -0.3 is 24.8 Å². The number of aliphatic hydroxyl groups excluding tert-OH is 2. The summed E-state index contributed by atoms with van der Waals surface area (Å²) in [5.74, 6) is -3.92. The number of carbonyl (C=O) groups is 4. The third-order valence-corrected chi connectivity index (χ3v) is 13.0. The van der Waals surface area contributed by atoms with Gasteiger partial charge in [-0.2, -0.15) is 0 Å². The van der Waals surface area contributed by atoms with Gasteiger partial charge in [0.25, 0.3) is 0 Å². The highest BCUT2D eigenvalue weighted by atomic mass is 16.5. The molecule has 2 heterocycles. The van der Waals surface area contributed by atoms with Gasteiger partial charge in [-0.25, -0.2) is 0 Å². The molecule has 0 radical (unpaired) electrons. The molecule has 2 aliphatic heterocycles. The smallest absolute Gasteiger partial charge is 0.313 e. The lowest BCUT2D eigenvalue weighted by molar-refractivity contribution is -0.169. The number of carbonyl (C=O) groups excluding carboxylic acids is 4. The summed E-state index contributed by atoms with van der Waals surface area (Å²) in [5, 5.41) is 35.4. The molecule has 0 unspecified atom stereocenters. The molecule has 1 saturated heterocycles. The fraction of sp³-hybridized carbons (Fsp3) is 0.805. The summed E-state index contributed by atoms with van der Waals surface area (Å²) in [5.41, 5.74) is -1.96. The molecule has 2 fully saturated rings. The van der Waals surface area contributed by atoms with Crippen LogP contribution in [0, 0.1) is 40.9 Å². The third-order valence-electron chi connectivity index (χ3n) is 13.0. The molecule has 9 heteroatoms. The molecule has 0 amide bonds. The quantitative estimate of drug-likeness (QED) is 0.225. The van der Waals surface area contributed by atoms with Crippen molar-refractivity contribution in [2.24, 2.45) is 40.9 Å². The highest BCUT2D eigenvalue weighted by Crippen LogP contribution is 2.56. The normalized spacial score (nSPS) is 42.7. The van der Waals surface area contributed by atoms with E-state index < -0.39 is 58.7 Å². The maximum Gasteiger partial charge on any atom is 0.313 e. The van der Waals surface area contributed by atoms with Gasteiger partial charge in [0, 0.05) is 49.4 Å². The van der Waals surface area contributed by atoms with E-state index in [1.54, 1.807) is 6.92 Å². The molecule has 9 nitrogen and oxygen atoms in total. The van der Waals surface area contributed by atoms with Gasteiger partial charge in [-0.1, -0.05) is 57.8 Å². The van der Waals surface area contributed by atoms with Crippen molar-refractivity contribution in [1.29, 1.82) is 0 Å². The summed E-state index contributed by atoms with van der Waals surface area (Å²) >= 11 is 0. The number of ether oxygens (including phenoxy) is 2. The predicted molar refractivity (Wildman–Crippen MR) is 191 cm³/mol. The molecular weight excluding hydrogens is 636 g/mol. The van der Waals surface area contributed by atoms with E-state index in [0.717, 1.165) is 24.0 Å². The molecule has 2 bridgehead atoms. The number of esters is 1. The molecule has 11 atom stereocenters. The molecule has 4 aliphatic rings. The summed E-state index contributed by atoms with van der Waals surface area (Å²) in [7, 11) is 1.27. The Morgan fingerprint density at radius 1 is 0.960 bits per heavy atom. The minimum absolute atomic E-state index is 0.00387. The fourth-order valence-corrected chi connectivity index (χ4v) is 9.56. The summed E-state index contributed by atoms with van der Waals surface area (Å²) in [6.45, 7) is 15.0. The number of aliphatic hydroxyl groups is 3. The van der Waals surface area contributed by atoms with Crippen molar-refractivity contribution in [3.63, 3.8) is 0 Å². The zero-order valence-electron chi connectivity index (χ0n) is 32.0. The average molecular weight is 701 g/mol. The Morgan fingerprint density at radius 2 is 1.64 bits per heavy atom. The molecule has 282 valence electrons. The Bertz CT molecular complexity index is 1360. The maximum absolute atomic E-state index is 14.7. The molecule has 3 N–H and O–H groups in total. The Hall–Kier alpha value is -2.20. The highest BCUT2D eigenvalue weighted by molar-refractivity contribution is 5.97. The van der Waals surface area contributed by atoms with Gasteiger partial charge in [0.05, 0.1) is 42.0 Å². The maximum atomic E-state index is 14.7. The molecule has 0 spiro atoms. The SMILES string of the molecule is COC(=O)[C@]12CC(=O)[C@H](C(C)C)CC(=O)[C@H](C)CCC[C@H](C)CC(=O)[C@H]1CC(C)=C1[C@H](O)C[C@](C)(O)[C@H]3CC[C@@](C)(O3)[C@H](O)CC/C(C)=C\[C@@H]12. The van der Waals surface area contributed by atoms with Crippen LogP contribution in [0.15, 0.2) is 22.8 Å². The number of methoxy groups -OCH3 is 1. The molecule has 0 aromatic rings. The Balaban J connectivity index is 1.98. The summed E-state index contributed by atoms with van der Waals surface area (Å²) in [4.78, 5) is 57.4. The summed E-state index contributed by atoms with van der Waals surface area (Å²) in [6.07, 6.45) is 3.32. The van der Waals surface area contributed by atoms with Crippen LogP contribution in [0.5, 0.6) is 0 Å². The molecule has 4 rings (SSSR count). The Labute approximate surface area is 299 Å². The van der Waals surface area contributed by atoms with Crippen molar-refractivity contribution >= 4 is 23.3 Å². The van der Waals surface area contributed by atoms with Gasteiger partial charge in [0.1, 0.15) is 17.3 Å². The second kappa shape index (κ2) is 15.8. The largest absolute Gasteiger partial charge is 0.469 e. The molecule has 50 heavy (non-hydrogen) atoms. The monoisotopic (exact) mass is 700 g/mol. The van der Waals surface area contributed by atoms with Gasteiger partial charge in [0.15, 0.2) is 0 Å². The van der Waals surface area contributed by atoms with E-state index >= 15 is 0 Å². The van der Waals surface area contributed by atoms with Crippen LogP contribution in [0.3, 0.4) is 0 Å². The van der Waals surface area contributed by atoms with E-state index in [-0.39, 0.29) is 67.2 Å². The van der Waals surface area contributed by atoms with Gasteiger partial charge in [-0.15, -0.1) is 0 Å². The van der Waals surface area contributed by atoms with Crippen LogP contribution in [-0.4, -0.2) is 75.3 Å². The first kappa shape index (κ1) is 40.6. The van der Waals surface area contributed by atoms with Crippen LogP contribution in [0.4, 0.5) is 0 Å². The van der Waals surface area contributed by atoms with Gasteiger partial charge in [-0.05, 0) is 83.6 Å². The van der Waals surface area contributed by atoms with E-state index in [2.05, 4.69) is 0 Å². The van der Waals surface area contributed by atoms with Crippen molar-refractivity contribution in [2.75, 3.05) is 7.11 Å². The van der Waals surface area contributed by atoms with Crippen molar-refractivity contribution < 1.29 is 44.0 Å². The zero-order valence-corrected chi connectivity index (χ0v) is 32.0. The fourth-order valence-electron chi connectivity index (χ4n) is 9.56. The van der Waals surface area contributed by atoms with Crippen LogP contribution in [0.2, 0.25) is 0 Å². The lowest BCUT2D eigenvalue weighted by atomic mass is 9.52. The highest BCUT2D eigenvalue weighted by Gasteiger charge is 2.60.